The van der Waals surface area contributed by atoms with E-state index >= 15 is 4.39 Å². The molecule has 0 radical (unpaired) electrons. The Balaban J connectivity index is 1.40. The molecule has 2 N–H and O–H groups in total. The Hall–Kier alpha value is -3.31. The van der Waals surface area contributed by atoms with Gasteiger partial charge in [-0.25, -0.2) is 13.8 Å². The van der Waals surface area contributed by atoms with Crippen molar-refractivity contribution in [3.8, 4) is 11.4 Å². The molecule has 3 aromatic rings. The van der Waals surface area contributed by atoms with E-state index in [0.29, 0.717) is 24.5 Å². The first kappa shape index (κ1) is 26.7. The summed E-state index contributed by atoms with van der Waals surface area (Å²) in [7, 11) is 0. The van der Waals surface area contributed by atoms with Crippen LogP contribution >= 0.6 is 11.6 Å². The molecule has 1 amide bonds. The highest BCUT2D eigenvalue weighted by molar-refractivity contribution is 6.30. The molecule has 196 valence electrons. The maximum Gasteiger partial charge on any atom is 0.417 e. The molecule has 1 heterocycles. The van der Waals surface area contributed by atoms with Crippen LogP contribution in [0, 0.1) is 24.5 Å². The molecule has 0 atom stereocenters. The van der Waals surface area contributed by atoms with Gasteiger partial charge >= 0.3 is 6.18 Å². The lowest BCUT2D eigenvalue weighted by Gasteiger charge is -2.34. The first-order valence-corrected chi connectivity index (χ1v) is 11.6. The fourth-order valence-electron chi connectivity index (χ4n) is 4.07. The van der Waals surface area contributed by atoms with E-state index in [0.717, 1.165) is 12.1 Å². The lowest BCUT2D eigenvalue weighted by Crippen LogP contribution is -2.42. The van der Waals surface area contributed by atoms with E-state index in [1.54, 1.807) is 6.07 Å². The van der Waals surface area contributed by atoms with E-state index in [1.807, 2.05) is 0 Å². The third-order valence-electron chi connectivity index (χ3n) is 5.96. The second-order valence-corrected chi connectivity index (χ2v) is 9.23. The molecule has 6 nitrogen and oxygen atoms in total. The first-order valence-electron chi connectivity index (χ1n) is 11.2. The second kappa shape index (κ2) is 10.6. The maximum atomic E-state index is 15.3. The zero-order chi connectivity index (χ0) is 26.9. The molecule has 1 aliphatic rings. The Bertz CT molecular complexity index is 1370. The van der Waals surface area contributed by atoms with Gasteiger partial charge in [-0.2, -0.15) is 13.2 Å². The maximum absolute atomic E-state index is 15.3. The van der Waals surface area contributed by atoms with Crippen molar-refractivity contribution in [3.05, 3.63) is 85.8 Å². The summed E-state index contributed by atoms with van der Waals surface area (Å²) in [6.45, 7) is 1.15. The topological polar surface area (TPSA) is 84.1 Å². The summed E-state index contributed by atoms with van der Waals surface area (Å²) >= 11 is 5.81. The minimum atomic E-state index is -4.90. The summed E-state index contributed by atoms with van der Waals surface area (Å²) in [5, 5.41) is 2.78. The number of halogens is 6. The highest BCUT2D eigenvalue weighted by Gasteiger charge is 2.37. The lowest BCUT2D eigenvalue weighted by molar-refractivity contribution is -0.137. The van der Waals surface area contributed by atoms with Crippen LogP contribution < -0.4 is 10.9 Å². The van der Waals surface area contributed by atoms with Gasteiger partial charge in [-0.1, -0.05) is 17.7 Å². The van der Waals surface area contributed by atoms with Crippen LogP contribution in [0.1, 0.15) is 35.2 Å². The smallest absolute Gasteiger partial charge is 0.373 e. The molecule has 0 spiro atoms. The van der Waals surface area contributed by atoms with Crippen molar-refractivity contribution in [1.29, 1.82) is 0 Å². The minimum Gasteiger partial charge on any atom is -0.373 e. The number of hydrogen-bond donors (Lipinski definition) is 2. The molecule has 0 unspecified atom stereocenters. The number of aryl methyl sites for hydroxylation is 1. The average molecular weight is 542 g/mol. The summed E-state index contributed by atoms with van der Waals surface area (Å²) in [5.41, 5.74) is -2.45. The zero-order valence-electron chi connectivity index (χ0n) is 19.4. The summed E-state index contributed by atoms with van der Waals surface area (Å²) < 4.78 is 75.1. The largest absolute Gasteiger partial charge is 0.417 e. The van der Waals surface area contributed by atoms with E-state index in [1.165, 1.54) is 19.1 Å². The van der Waals surface area contributed by atoms with Crippen LogP contribution in [0.4, 0.5) is 22.0 Å². The van der Waals surface area contributed by atoms with E-state index in [2.05, 4.69) is 15.3 Å². The van der Waals surface area contributed by atoms with E-state index in [-0.39, 0.29) is 35.5 Å². The molecule has 1 aliphatic carbocycles. The van der Waals surface area contributed by atoms with Crippen molar-refractivity contribution in [3.63, 3.8) is 0 Å². The molecule has 2 aromatic carbocycles. The van der Waals surface area contributed by atoms with Crippen molar-refractivity contribution in [2.75, 3.05) is 0 Å². The van der Waals surface area contributed by atoms with Crippen molar-refractivity contribution in [1.82, 2.24) is 15.3 Å². The molecule has 0 saturated heterocycles. The zero-order valence-corrected chi connectivity index (χ0v) is 20.1. The van der Waals surface area contributed by atoms with Crippen LogP contribution in [-0.4, -0.2) is 22.0 Å². The Morgan fingerprint density at radius 2 is 1.92 bits per heavy atom. The third kappa shape index (κ3) is 6.34. The molecule has 12 heteroatoms. The van der Waals surface area contributed by atoms with Crippen LogP contribution in [0.25, 0.3) is 11.4 Å². The third-order valence-corrected chi connectivity index (χ3v) is 6.18. The molecule has 1 saturated carbocycles. The summed E-state index contributed by atoms with van der Waals surface area (Å²) in [5.74, 6) is -3.11. The Morgan fingerprint density at radius 3 is 2.57 bits per heavy atom. The number of nitrogens with one attached hydrogen (secondary N) is 2. The van der Waals surface area contributed by atoms with Crippen LogP contribution in [0.5, 0.6) is 0 Å². The minimum absolute atomic E-state index is 0.116. The molecule has 0 aliphatic heterocycles. The van der Waals surface area contributed by atoms with E-state index in [9.17, 15) is 27.2 Å². The van der Waals surface area contributed by atoms with Gasteiger partial charge in [0.25, 0.3) is 5.56 Å². The molecule has 1 fully saturated rings. The fourth-order valence-corrected chi connectivity index (χ4v) is 4.32. The first-order chi connectivity index (χ1) is 17.4. The average Bonchev–Trinajstić information content (AvgIpc) is 2.75. The molecule has 37 heavy (non-hydrogen) atoms. The Morgan fingerprint density at radius 1 is 1.19 bits per heavy atom. The van der Waals surface area contributed by atoms with Gasteiger partial charge in [0, 0.05) is 34.8 Å². The second-order valence-electron chi connectivity index (χ2n) is 8.79. The summed E-state index contributed by atoms with van der Waals surface area (Å²) in [4.78, 5) is 30.3. The van der Waals surface area contributed by atoms with E-state index in [4.69, 9.17) is 16.3 Å². The summed E-state index contributed by atoms with van der Waals surface area (Å²) in [6.07, 6.45) is -4.39. The molecular weight excluding hydrogens is 521 g/mol. The summed E-state index contributed by atoms with van der Waals surface area (Å²) in [6, 6.07) is 6.74. The van der Waals surface area contributed by atoms with Crippen LogP contribution in [0.3, 0.4) is 0 Å². The normalized spacial score (nSPS) is 17.4. The monoisotopic (exact) mass is 541 g/mol. The molecule has 4 rings (SSSR count). The van der Waals surface area contributed by atoms with Crippen molar-refractivity contribution in [2.24, 2.45) is 5.92 Å². The number of aromatic nitrogens is 2. The predicted octanol–water partition coefficient (Wildman–Crippen LogP) is 5.31. The number of aromatic amines is 1. The Kier molecular flexibility index (Phi) is 7.65. The van der Waals surface area contributed by atoms with Crippen molar-refractivity contribution in [2.45, 2.75) is 45.2 Å². The number of hydrogen-bond acceptors (Lipinski definition) is 4. The van der Waals surface area contributed by atoms with E-state index < -0.39 is 52.1 Å². The molecular formula is C25H21ClF5N3O3. The standard InChI is InChI=1S/C25H21ClF5N3O3/c1-12-4-20(35)34-23(33-12)21-19(25(29,30)31)3-2-14(22(21)28)10-32-24(36)15-7-18(8-15)37-11-13-5-16(26)9-17(27)6-13/h2-6,9,15,18H,7-8,10-11H2,1H3,(H,32,36)(H,33,34,35)/t15-,18-. The number of H-pyrrole nitrogens is 1. The number of alkyl halides is 3. The van der Waals surface area contributed by atoms with Gasteiger partial charge in [-0.15, -0.1) is 0 Å². The fraction of sp³-hybridized carbons (Fsp3) is 0.320. The number of benzene rings is 2. The van der Waals surface area contributed by atoms with Crippen LogP contribution in [0.15, 0.2) is 41.2 Å². The van der Waals surface area contributed by atoms with Crippen LogP contribution in [-0.2, 0) is 28.9 Å². The number of amides is 1. The van der Waals surface area contributed by atoms with Gasteiger partial charge < -0.3 is 15.0 Å². The van der Waals surface area contributed by atoms with Crippen molar-refractivity contribution >= 4 is 17.5 Å². The van der Waals surface area contributed by atoms with Gasteiger partial charge in [0.2, 0.25) is 5.91 Å². The number of carbonyl (C=O) groups excluding carboxylic acids is 1. The number of ether oxygens (including phenoxy) is 1. The highest BCUT2D eigenvalue weighted by Crippen LogP contribution is 2.38. The van der Waals surface area contributed by atoms with Gasteiger partial charge in [-0.05, 0) is 49.6 Å². The number of nitrogens with zero attached hydrogens (tertiary/aromatic N) is 1. The van der Waals surface area contributed by atoms with Gasteiger partial charge in [0.1, 0.15) is 17.5 Å². The highest BCUT2D eigenvalue weighted by atomic mass is 35.5. The molecule has 1 aromatic heterocycles. The number of rotatable bonds is 7. The van der Waals surface area contributed by atoms with Gasteiger partial charge in [0.15, 0.2) is 0 Å². The predicted molar refractivity (Wildman–Crippen MR) is 125 cm³/mol. The molecule has 0 bridgehead atoms. The van der Waals surface area contributed by atoms with Crippen molar-refractivity contribution < 1.29 is 31.5 Å². The SMILES string of the molecule is Cc1cc(=O)[nH]c(-c2c(C(F)(F)F)ccc(CNC(=O)[C@H]3C[C@H](OCc4cc(F)cc(Cl)c4)C3)c2F)n1. The Labute approximate surface area is 212 Å². The number of carbonyl (C=O) groups is 1. The lowest BCUT2D eigenvalue weighted by atomic mass is 9.81. The van der Waals surface area contributed by atoms with Crippen LogP contribution in [0.2, 0.25) is 5.02 Å². The van der Waals surface area contributed by atoms with Gasteiger partial charge in [0.05, 0.1) is 23.8 Å². The quantitative estimate of drug-likeness (QED) is 0.397. The van der Waals surface area contributed by atoms with Gasteiger partial charge in [-0.3, -0.25) is 9.59 Å².